The lowest BCUT2D eigenvalue weighted by Gasteiger charge is -2.37. The van der Waals surface area contributed by atoms with E-state index in [1.165, 1.54) is 11.3 Å². The van der Waals surface area contributed by atoms with Crippen LogP contribution in [0.3, 0.4) is 0 Å². The molecule has 1 fully saturated rings. The number of nitrogens with one attached hydrogen (secondary N) is 1. The highest BCUT2D eigenvalue weighted by Crippen LogP contribution is 2.30. The smallest absolute Gasteiger partial charge is 0.322 e. The van der Waals surface area contributed by atoms with Gasteiger partial charge in [0, 0.05) is 44.2 Å². The van der Waals surface area contributed by atoms with Gasteiger partial charge in [0.05, 0.1) is 0 Å². The first kappa shape index (κ1) is 15.2. The van der Waals surface area contributed by atoms with Crippen LogP contribution in [-0.2, 0) is 6.42 Å². The number of likely N-dealkylation sites (tertiary alicyclic amines) is 1. The number of carbonyl (C=O) groups excluding carboxylic acids is 1. The first-order valence-electron chi connectivity index (χ1n) is 8.11. The lowest BCUT2D eigenvalue weighted by molar-refractivity contribution is 0.107. The first-order valence-corrected chi connectivity index (χ1v) is 8.11. The lowest BCUT2D eigenvalue weighted by Crippen LogP contribution is -2.48. The Morgan fingerprint density at radius 2 is 2.23 bits per heavy atom. The Morgan fingerprint density at radius 3 is 3.00 bits per heavy atom. The average molecular weight is 303 g/mol. The Kier molecular flexibility index (Phi) is 4.25. The number of aliphatic hydroxyl groups is 1. The molecule has 2 atom stereocenters. The van der Waals surface area contributed by atoms with Crippen LogP contribution in [0.5, 0.6) is 0 Å². The molecule has 2 N–H and O–H groups in total. The highest BCUT2D eigenvalue weighted by molar-refractivity contribution is 5.90. The Hall–Kier alpha value is -1.75. The summed E-state index contributed by atoms with van der Waals surface area (Å²) in [7, 11) is 2.08. The molecule has 120 valence electrons. The highest BCUT2D eigenvalue weighted by atomic mass is 16.3. The van der Waals surface area contributed by atoms with Gasteiger partial charge >= 0.3 is 6.03 Å². The second-order valence-corrected chi connectivity index (χ2v) is 6.57. The number of amides is 2. The molecule has 1 saturated heterocycles. The highest BCUT2D eigenvalue weighted by Gasteiger charge is 2.28. The minimum atomic E-state index is -0.0637. The minimum Gasteiger partial charge on any atom is -0.396 e. The first-order chi connectivity index (χ1) is 10.6. The number of hydrogen-bond donors (Lipinski definition) is 2. The molecule has 2 aliphatic rings. The van der Waals surface area contributed by atoms with Gasteiger partial charge in [0.2, 0.25) is 0 Å². The summed E-state index contributed by atoms with van der Waals surface area (Å²) < 4.78 is 0. The molecule has 3 rings (SSSR count). The van der Waals surface area contributed by atoms with E-state index in [0.717, 1.165) is 31.5 Å². The molecule has 2 unspecified atom stereocenters. The number of likely N-dealkylation sites (N-methyl/N-ethyl adjacent to an activating group) is 1. The molecule has 0 radical (unpaired) electrons. The molecule has 2 heterocycles. The van der Waals surface area contributed by atoms with Gasteiger partial charge in [-0.2, -0.15) is 0 Å². The molecular formula is C17H25N3O2. The zero-order valence-electron chi connectivity index (χ0n) is 13.4. The summed E-state index contributed by atoms with van der Waals surface area (Å²) in [5.74, 6) is 0.202. The van der Waals surface area contributed by atoms with E-state index >= 15 is 0 Å². The summed E-state index contributed by atoms with van der Waals surface area (Å²) in [5, 5.41) is 12.4. The molecule has 5 heteroatoms. The normalized spacial score (nSPS) is 24.3. The summed E-state index contributed by atoms with van der Waals surface area (Å²) in [6.45, 7) is 3.90. The van der Waals surface area contributed by atoms with E-state index in [-0.39, 0.29) is 24.6 Å². The molecule has 0 aliphatic carbocycles. The van der Waals surface area contributed by atoms with Crippen LogP contribution in [-0.4, -0.2) is 48.8 Å². The maximum absolute atomic E-state index is 12.5. The largest absolute Gasteiger partial charge is 0.396 e. The van der Waals surface area contributed by atoms with Gasteiger partial charge in [-0.05, 0) is 49.8 Å². The van der Waals surface area contributed by atoms with Gasteiger partial charge < -0.3 is 20.2 Å². The monoisotopic (exact) mass is 303 g/mol. The van der Waals surface area contributed by atoms with Crippen molar-refractivity contribution in [3.8, 4) is 0 Å². The van der Waals surface area contributed by atoms with Crippen molar-refractivity contribution in [2.75, 3.05) is 37.0 Å². The Labute approximate surface area is 131 Å². The van der Waals surface area contributed by atoms with Crippen molar-refractivity contribution >= 4 is 17.4 Å². The Balaban J connectivity index is 1.70. The SMILES string of the molecule is CC1CCC(CO)CN1C(=O)Nc1ccc2c(c1)N(C)CC2. The standard InChI is InChI=1S/C17H25N3O2/c1-12-3-4-13(11-21)10-20(12)17(22)18-15-6-5-14-7-8-19(2)16(14)9-15/h5-6,9,12-13,21H,3-4,7-8,10-11H2,1-2H3,(H,18,22). The zero-order chi connectivity index (χ0) is 15.7. The van der Waals surface area contributed by atoms with Gasteiger partial charge in [-0.15, -0.1) is 0 Å². The number of carbonyl (C=O) groups is 1. The second kappa shape index (κ2) is 6.16. The van der Waals surface area contributed by atoms with Crippen LogP contribution in [0.15, 0.2) is 18.2 Å². The van der Waals surface area contributed by atoms with Crippen LogP contribution in [0.4, 0.5) is 16.2 Å². The fourth-order valence-corrected chi connectivity index (χ4v) is 3.43. The minimum absolute atomic E-state index is 0.0637. The van der Waals surface area contributed by atoms with Gasteiger partial charge in [0.25, 0.3) is 0 Å². The second-order valence-electron chi connectivity index (χ2n) is 6.57. The average Bonchev–Trinajstić information content (AvgIpc) is 2.89. The molecule has 0 spiro atoms. The number of fused-ring (bicyclic) bond motifs is 1. The van der Waals surface area contributed by atoms with Crippen LogP contribution in [0.2, 0.25) is 0 Å². The van der Waals surface area contributed by atoms with E-state index in [9.17, 15) is 9.90 Å². The number of urea groups is 1. The van der Waals surface area contributed by atoms with E-state index in [1.807, 2.05) is 11.0 Å². The van der Waals surface area contributed by atoms with Crippen molar-refractivity contribution in [1.82, 2.24) is 4.90 Å². The number of rotatable bonds is 2. The summed E-state index contributed by atoms with van der Waals surface area (Å²) in [4.78, 5) is 16.6. The van der Waals surface area contributed by atoms with Crippen LogP contribution in [0.1, 0.15) is 25.3 Å². The predicted octanol–water partition coefficient (Wildman–Crippen LogP) is 2.30. The molecule has 2 amide bonds. The number of hydrogen-bond acceptors (Lipinski definition) is 3. The Bertz CT molecular complexity index is 561. The van der Waals surface area contributed by atoms with Gasteiger partial charge in [0.1, 0.15) is 0 Å². The third kappa shape index (κ3) is 2.90. The maximum atomic E-state index is 12.5. The summed E-state index contributed by atoms with van der Waals surface area (Å²) in [6, 6.07) is 6.29. The van der Waals surface area contributed by atoms with E-state index in [0.29, 0.717) is 6.54 Å². The fourth-order valence-electron chi connectivity index (χ4n) is 3.43. The van der Waals surface area contributed by atoms with Crippen molar-refractivity contribution in [2.45, 2.75) is 32.2 Å². The topological polar surface area (TPSA) is 55.8 Å². The third-order valence-electron chi connectivity index (χ3n) is 4.96. The van der Waals surface area contributed by atoms with E-state index in [4.69, 9.17) is 0 Å². The van der Waals surface area contributed by atoms with Crippen molar-refractivity contribution in [1.29, 1.82) is 0 Å². The van der Waals surface area contributed by atoms with Crippen LogP contribution < -0.4 is 10.2 Å². The van der Waals surface area contributed by atoms with Crippen LogP contribution in [0.25, 0.3) is 0 Å². The number of aliphatic hydroxyl groups excluding tert-OH is 1. The molecule has 5 nitrogen and oxygen atoms in total. The van der Waals surface area contributed by atoms with Gasteiger partial charge in [0.15, 0.2) is 0 Å². The molecule has 1 aromatic rings. The summed E-state index contributed by atoms with van der Waals surface area (Å²) in [6.07, 6.45) is 3.01. The van der Waals surface area contributed by atoms with E-state index in [1.54, 1.807) is 0 Å². The van der Waals surface area contributed by atoms with Crippen molar-refractivity contribution in [2.24, 2.45) is 5.92 Å². The molecule has 0 aromatic heterocycles. The van der Waals surface area contributed by atoms with Crippen LogP contribution in [0, 0.1) is 5.92 Å². The molecular weight excluding hydrogens is 278 g/mol. The molecule has 1 aromatic carbocycles. The number of piperidine rings is 1. The van der Waals surface area contributed by atoms with Crippen molar-refractivity contribution < 1.29 is 9.90 Å². The quantitative estimate of drug-likeness (QED) is 0.881. The summed E-state index contributed by atoms with van der Waals surface area (Å²) in [5.41, 5.74) is 3.39. The number of anilines is 2. The molecule has 0 bridgehead atoms. The van der Waals surface area contributed by atoms with E-state index < -0.39 is 0 Å². The Morgan fingerprint density at radius 1 is 1.41 bits per heavy atom. The summed E-state index contributed by atoms with van der Waals surface area (Å²) >= 11 is 0. The molecule has 22 heavy (non-hydrogen) atoms. The van der Waals surface area contributed by atoms with Gasteiger partial charge in [-0.1, -0.05) is 6.07 Å². The van der Waals surface area contributed by atoms with Crippen molar-refractivity contribution in [3.05, 3.63) is 23.8 Å². The fraction of sp³-hybridized carbons (Fsp3) is 0.588. The third-order valence-corrected chi connectivity index (χ3v) is 4.96. The van der Waals surface area contributed by atoms with Gasteiger partial charge in [-0.25, -0.2) is 4.79 Å². The number of benzene rings is 1. The van der Waals surface area contributed by atoms with Crippen LogP contribution >= 0.6 is 0 Å². The van der Waals surface area contributed by atoms with Gasteiger partial charge in [-0.3, -0.25) is 0 Å². The zero-order valence-corrected chi connectivity index (χ0v) is 13.4. The van der Waals surface area contributed by atoms with E-state index in [2.05, 4.69) is 36.3 Å². The molecule has 0 saturated carbocycles. The van der Waals surface area contributed by atoms with Crippen molar-refractivity contribution in [3.63, 3.8) is 0 Å². The lowest BCUT2D eigenvalue weighted by atomic mass is 9.94. The maximum Gasteiger partial charge on any atom is 0.322 e. The number of nitrogens with zero attached hydrogens (tertiary/aromatic N) is 2. The predicted molar refractivity (Wildman–Crippen MR) is 88.4 cm³/mol. The molecule has 2 aliphatic heterocycles.